The Morgan fingerprint density at radius 2 is 1.59 bits per heavy atom. The Morgan fingerprint density at radius 1 is 0.898 bits per heavy atom. The van der Waals surface area contributed by atoms with Crippen LogP contribution in [0.4, 0.5) is 21.1 Å². The summed E-state index contributed by atoms with van der Waals surface area (Å²) in [6.07, 6.45) is 7.57. The quantitative estimate of drug-likeness (QED) is 0.154. The van der Waals surface area contributed by atoms with Gasteiger partial charge >= 0.3 is 16.2 Å². The number of ether oxygens (including phenoxy) is 1. The fourth-order valence-electron chi connectivity index (χ4n) is 5.37. The lowest BCUT2D eigenvalue weighted by Gasteiger charge is -2.30. The SMILES string of the molecule is CC(C)(C)c1cc(NC(=O)Nc2ccc(OCCc3ccncc3)c3ccccc23)n(-c2ccc(CN3S(C)(C)C(=O)NS3(=O)=O)cc2)n1. The summed E-state index contributed by atoms with van der Waals surface area (Å²) in [5, 5.41) is 12.0. The van der Waals surface area contributed by atoms with Gasteiger partial charge in [0.15, 0.2) is 0 Å². The van der Waals surface area contributed by atoms with E-state index in [1.807, 2.05) is 75.4 Å². The highest BCUT2D eigenvalue weighted by atomic mass is 32.3. The lowest BCUT2D eigenvalue weighted by molar-refractivity contribution is 0.261. The smallest absolute Gasteiger partial charge is 0.324 e. The number of hydrogen-bond acceptors (Lipinski definition) is 7. The Labute approximate surface area is 287 Å². The van der Waals surface area contributed by atoms with Crippen molar-refractivity contribution in [2.75, 3.05) is 29.8 Å². The van der Waals surface area contributed by atoms with Gasteiger partial charge in [-0.1, -0.05) is 67.4 Å². The van der Waals surface area contributed by atoms with Crippen molar-refractivity contribution >= 4 is 54.0 Å². The number of aromatic nitrogens is 3. The van der Waals surface area contributed by atoms with Crippen molar-refractivity contribution in [3.63, 3.8) is 0 Å². The van der Waals surface area contributed by atoms with Crippen molar-refractivity contribution in [3.8, 4) is 11.4 Å². The summed E-state index contributed by atoms with van der Waals surface area (Å²) in [7, 11) is -6.11. The minimum Gasteiger partial charge on any atom is -0.493 e. The Hall–Kier alpha value is -4.92. The number of fused-ring (bicyclic) bond motifs is 1. The number of carbonyl (C=O) groups is 2. The van der Waals surface area contributed by atoms with Crippen LogP contribution < -0.4 is 20.1 Å². The molecule has 1 aliphatic rings. The molecule has 14 heteroatoms. The van der Waals surface area contributed by atoms with Gasteiger partial charge in [0.2, 0.25) is 0 Å². The lowest BCUT2D eigenvalue weighted by atomic mass is 9.92. The van der Waals surface area contributed by atoms with Gasteiger partial charge < -0.3 is 10.1 Å². The second-order valence-electron chi connectivity index (χ2n) is 13.1. The third-order valence-corrected chi connectivity index (χ3v) is 13.3. The second kappa shape index (κ2) is 13.2. The molecule has 0 bridgehead atoms. The predicted molar refractivity (Wildman–Crippen MR) is 195 cm³/mol. The number of carbonyl (C=O) groups excluding carboxylic acids is 2. The summed E-state index contributed by atoms with van der Waals surface area (Å²) in [5.41, 5.74) is 3.59. The van der Waals surface area contributed by atoms with E-state index in [4.69, 9.17) is 9.84 Å². The molecule has 6 rings (SSSR count). The molecule has 3 aromatic carbocycles. The summed E-state index contributed by atoms with van der Waals surface area (Å²) in [4.78, 5) is 29.8. The third kappa shape index (κ3) is 7.26. The fourth-order valence-corrected chi connectivity index (χ4v) is 10.1. The molecular formula is C35H39N7O5S2. The molecule has 0 saturated carbocycles. The van der Waals surface area contributed by atoms with Crippen LogP contribution in [0.2, 0.25) is 0 Å². The van der Waals surface area contributed by atoms with Crippen LogP contribution in [0.25, 0.3) is 16.5 Å². The topological polar surface area (TPSA) is 148 Å². The van der Waals surface area contributed by atoms with Gasteiger partial charge in [0.25, 0.3) is 5.24 Å². The molecule has 0 unspecified atom stereocenters. The summed E-state index contributed by atoms with van der Waals surface area (Å²) in [5.74, 6) is 1.18. The van der Waals surface area contributed by atoms with Crippen LogP contribution in [-0.2, 0) is 28.6 Å². The van der Waals surface area contributed by atoms with Gasteiger partial charge in [-0.2, -0.15) is 13.5 Å². The van der Waals surface area contributed by atoms with Crippen molar-refractivity contribution in [2.24, 2.45) is 0 Å². The van der Waals surface area contributed by atoms with E-state index in [2.05, 4.69) is 20.3 Å². The Balaban J connectivity index is 1.20. The molecule has 256 valence electrons. The number of amides is 3. The first-order valence-electron chi connectivity index (χ1n) is 15.6. The Kier molecular flexibility index (Phi) is 9.13. The molecule has 1 fully saturated rings. The van der Waals surface area contributed by atoms with Gasteiger partial charge in [-0.15, -0.1) is 3.71 Å². The van der Waals surface area contributed by atoms with E-state index in [1.54, 1.807) is 53.9 Å². The number of nitrogens with zero attached hydrogens (tertiary/aromatic N) is 4. The maximum absolute atomic E-state index is 13.5. The maximum Gasteiger partial charge on any atom is 0.324 e. The molecule has 49 heavy (non-hydrogen) atoms. The fraction of sp³-hybridized carbons (Fsp3) is 0.257. The Bertz CT molecular complexity index is 2130. The highest BCUT2D eigenvalue weighted by molar-refractivity contribution is 8.47. The van der Waals surface area contributed by atoms with Crippen LogP contribution in [0.1, 0.15) is 37.6 Å². The van der Waals surface area contributed by atoms with Crippen molar-refractivity contribution in [1.82, 2.24) is 23.2 Å². The zero-order valence-electron chi connectivity index (χ0n) is 27.9. The van der Waals surface area contributed by atoms with Crippen molar-refractivity contribution in [1.29, 1.82) is 0 Å². The van der Waals surface area contributed by atoms with Crippen molar-refractivity contribution in [2.45, 2.75) is 39.2 Å². The maximum atomic E-state index is 13.5. The van der Waals surface area contributed by atoms with Gasteiger partial charge in [0.05, 0.1) is 30.2 Å². The first kappa shape index (κ1) is 34.0. The number of pyridine rings is 1. The summed E-state index contributed by atoms with van der Waals surface area (Å²) < 4.78 is 36.3. The monoisotopic (exact) mass is 701 g/mol. The molecule has 3 N–H and O–H groups in total. The first-order valence-corrected chi connectivity index (χ1v) is 19.5. The normalized spacial score (nSPS) is 16.2. The van der Waals surface area contributed by atoms with E-state index >= 15 is 0 Å². The van der Waals surface area contributed by atoms with Crippen molar-refractivity contribution in [3.05, 3.63) is 108 Å². The predicted octanol–water partition coefficient (Wildman–Crippen LogP) is 6.73. The molecule has 0 radical (unpaired) electrons. The molecule has 12 nitrogen and oxygen atoms in total. The van der Waals surface area contributed by atoms with E-state index in [-0.39, 0.29) is 12.0 Å². The molecule has 5 aromatic rings. The number of nitrogens with one attached hydrogen (secondary N) is 3. The molecule has 1 saturated heterocycles. The lowest BCUT2D eigenvalue weighted by Crippen LogP contribution is -2.29. The number of hydrogen-bond donors (Lipinski definition) is 3. The molecular weight excluding hydrogens is 663 g/mol. The van der Waals surface area contributed by atoms with Crippen LogP contribution in [0.5, 0.6) is 5.75 Å². The van der Waals surface area contributed by atoms with Crippen LogP contribution in [0.3, 0.4) is 0 Å². The molecule has 0 atom stereocenters. The number of benzene rings is 3. The molecule has 1 aliphatic heterocycles. The molecule has 0 aliphatic carbocycles. The molecule has 0 spiro atoms. The van der Waals surface area contributed by atoms with Crippen LogP contribution in [-0.4, -0.2) is 57.3 Å². The molecule has 2 aromatic heterocycles. The van der Waals surface area contributed by atoms with E-state index in [0.29, 0.717) is 29.4 Å². The minimum absolute atomic E-state index is 0.0477. The number of anilines is 2. The van der Waals surface area contributed by atoms with Gasteiger partial charge in [0.1, 0.15) is 11.6 Å². The van der Waals surface area contributed by atoms with Crippen LogP contribution in [0.15, 0.2) is 91.3 Å². The average Bonchev–Trinajstić information content (AvgIpc) is 3.55. The van der Waals surface area contributed by atoms with Gasteiger partial charge in [-0.05, 0) is 60.0 Å². The number of urea groups is 1. The van der Waals surface area contributed by atoms with E-state index < -0.39 is 31.7 Å². The Morgan fingerprint density at radius 3 is 2.24 bits per heavy atom. The zero-order valence-corrected chi connectivity index (χ0v) is 29.6. The summed E-state index contributed by atoms with van der Waals surface area (Å²) in [6, 6.07) is 23.9. The molecule has 3 amide bonds. The largest absolute Gasteiger partial charge is 0.493 e. The highest BCUT2D eigenvalue weighted by Crippen LogP contribution is 2.51. The zero-order chi connectivity index (χ0) is 35.0. The highest BCUT2D eigenvalue weighted by Gasteiger charge is 2.46. The second-order valence-corrected chi connectivity index (χ2v) is 18.2. The van der Waals surface area contributed by atoms with Gasteiger partial charge in [0, 0.05) is 41.1 Å². The number of rotatable bonds is 9. The summed E-state index contributed by atoms with van der Waals surface area (Å²) >= 11 is 0. The van der Waals surface area contributed by atoms with E-state index in [0.717, 1.165) is 34.2 Å². The van der Waals surface area contributed by atoms with Crippen LogP contribution >= 0.6 is 10.2 Å². The first-order chi connectivity index (χ1) is 23.2. The standard InChI is InChI=1S/C35H39N7O5S2/c1-35(2,3)31-22-32(42(39-31)26-12-10-25(11-13-26)23-41-48(4,5)34(44)40-49(41,45)46)38-33(43)37-29-14-15-30(28-9-7-6-8-27(28)29)47-21-18-24-16-19-36-20-17-24/h6-17,19-20,22H,18,21,23H2,1-5H3,(H,40,44)(H2,37,38,43). The van der Waals surface area contributed by atoms with E-state index in [1.165, 1.54) is 3.71 Å². The summed E-state index contributed by atoms with van der Waals surface area (Å²) in [6.45, 7) is 6.65. The van der Waals surface area contributed by atoms with Crippen molar-refractivity contribution < 1.29 is 22.7 Å². The third-order valence-electron chi connectivity index (χ3n) is 8.19. The van der Waals surface area contributed by atoms with E-state index in [9.17, 15) is 18.0 Å². The van der Waals surface area contributed by atoms with Gasteiger partial charge in [-0.3, -0.25) is 15.1 Å². The molecule has 3 heterocycles. The minimum atomic E-state index is -3.90. The average molecular weight is 702 g/mol. The van der Waals surface area contributed by atoms with Gasteiger partial charge in [-0.25, -0.2) is 14.2 Å². The van der Waals surface area contributed by atoms with Crippen LogP contribution in [0, 0.1) is 0 Å².